The van der Waals surface area contributed by atoms with E-state index in [9.17, 15) is 9.90 Å². The van der Waals surface area contributed by atoms with Gasteiger partial charge in [0, 0.05) is 11.3 Å². The molecule has 1 heterocycles. The molecule has 1 atom stereocenters. The molecule has 2 rings (SSSR count). The third-order valence-electron chi connectivity index (χ3n) is 3.51. The molecule has 0 fully saturated rings. The van der Waals surface area contributed by atoms with Gasteiger partial charge in [-0.2, -0.15) is 0 Å². The lowest BCUT2D eigenvalue weighted by Gasteiger charge is -2.15. The van der Waals surface area contributed by atoms with E-state index in [0.717, 1.165) is 22.4 Å². The third-order valence-corrected chi connectivity index (χ3v) is 3.51. The van der Waals surface area contributed by atoms with Crippen LogP contribution in [0.2, 0.25) is 0 Å². The monoisotopic (exact) mass is 272 g/mol. The third kappa shape index (κ3) is 2.96. The summed E-state index contributed by atoms with van der Waals surface area (Å²) in [6.07, 6.45) is 0.784. The molecule has 4 heteroatoms. The van der Waals surface area contributed by atoms with Crippen molar-refractivity contribution in [1.82, 2.24) is 9.55 Å². The van der Waals surface area contributed by atoms with Crippen LogP contribution >= 0.6 is 0 Å². The summed E-state index contributed by atoms with van der Waals surface area (Å²) in [6.45, 7) is 7.77. The topological polar surface area (TPSA) is 55.1 Å². The molecule has 0 aliphatic heterocycles. The smallest absolute Gasteiger partial charge is 0.256 e. The number of aryl methyl sites for hydroxylation is 3. The molecule has 0 unspecified atom stereocenters. The van der Waals surface area contributed by atoms with E-state index in [2.05, 4.69) is 11.1 Å². The molecule has 0 saturated carbocycles. The fraction of sp³-hybridized carbons (Fsp3) is 0.375. The Kier molecular flexibility index (Phi) is 4.04. The van der Waals surface area contributed by atoms with E-state index >= 15 is 0 Å². The molecule has 2 aromatic rings. The molecule has 4 nitrogen and oxygen atoms in total. The SMILES string of the molecule is Cc1cc(C)cc([C@H](O)Cn2cnc(C)c(C)c2=O)c1. The van der Waals surface area contributed by atoms with Gasteiger partial charge in [-0.3, -0.25) is 9.36 Å². The second-order valence-corrected chi connectivity index (χ2v) is 5.35. The Morgan fingerprint density at radius 1 is 1.15 bits per heavy atom. The zero-order chi connectivity index (χ0) is 14.9. The minimum absolute atomic E-state index is 0.0964. The van der Waals surface area contributed by atoms with Crippen molar-refractivity contribution in [2.45, 2.75) is 40.3 Å². The highest BCUT2D eigenvalue weighted by Gasteiger charge is 2.12. The van der Waals surface area contributed by atoms with Crippen molar-refractivity contribution in [3.05, 3.63) is 62.8 Å². The Hall–Kier alpha value is -1.94. The quantitative estimate of drug-likeness (QED) is 0.932. The van der Waals surface area contributed by atoms with Gasteiger partial charge in [0.25, 0.3) is 5.56 Å². The summed E-state index contributed by atoms with van der Waals surface area (Å²) in [7, 11) is 0. The van der Waals surface area contributed by atoms with Gasteiger partial charge in [0.15, 0.2) is 0 Å². The van der Waals surface area contributed by atoms with Gasteiger partial charge in [-0.25, -0.2) is 4.98 Å². The number of aromatic nitrogens is 2. The van der Waals surface area contributed by atoms with E-state index in [1.54, 1.807) is 13.8 Å². The molecule has 0 amide bonds. The Balaban J connectivity index is 2.30. The summed E-state index contributed by atoms with van der Waals surface area (Å²) < 4.78 is 1.46. The van der Waals surface area contributed by atoms with Crippen molar-refractivity contribution < 1.29 is 5.11 Å². The summed E-state index contributed by atoms with van der Waals surface area (Å²) in [4.78, 5) is 16.3. The molecule has 20 heavy (non-hydrogen) atoms. The fourth-order valence-corrected chi connectivity index (χ4v) is 2.30. The second kappa shape index (κ2) is 5.59. The minimum atomic E-state index is -0.713. The summed E-state index contributed by atoms with van der Waals surface area (Å²) in [5.74, 6) is 0. The number of aliphatic hydroxyl groups is 1. The minimum Gasteiger partial charge on any atom is -0.387 e. The number of benzene rings is 1. The van der Waals surface area contributed by atoms with Crippen molar-refractivity contribution >= 4 is 0 Å². The van der Waals surface area contributed by atoms with Crippen LogP contribution in [0.3, 0.4) is 0 Å². The number of aliphatic hydroxyl groups excluding tert-OH is 1. The van der Waals surface area contributed by atoms with E-state index in [4.69, 9.17) is 0 Å². The molecular weight excluding hydrogens is 252 g/mol. The maximum absolute atomic E-state index is 12.1. The first-order valence-electron chi connectivity index (χ1n) is 6.67. The highest BCUT2D eigenvalue weighted by molar-refractivity contribution is 5.30. The highest BCUT2D eigenvalue weighted by atomic mass is 16.3. The molecule has 0 saturated heterocycles. The van der Waals surface area contributed by atoms with Crippen LogP contribution < -0.4 is 5.56 Å². The van der Waals surface area contributed by atoms with Crippen LogP contribution in [-0.4, -0.2) is 14.7 Å². The van der Waals surface area contributed by atoms with Crippen LogP contribution in [0.4, 0.5) is 0 Å². The highest BCUT2D eigenvalue weighted by Crippen LogP contribution is 2.18. The maximum atomic E-state index is 12.1. The van der Waals surface area contributed by atoms with E-state index in [0.29, 0.717) is 5.56 Å². The zero-order valence-electron chi connectivity index (χ0n) is 12.3. The maximum Gasteiger partial charge on any atom is 0.256 e. The molecule has 0 radical (unpaired) electrons. The van der Waals surface area contributed by atoms with Gasteiger partial charge in [0.1, 0.15) is 0 Å². The molecule has 1 aromatic carbocycles. The van der Waals surface area contributed by atoms with E-state index in [-0.39, 0.29) is 12.1 Å². The summed E-state index contributed by atoms with van der Waals surface area (Å²) in [5.41, 5.74) is 4.29. The Morgan fingerprint density at radius 3 is 2.35 bits per heavy atom. The first-order valence-corrected chi connectivity index (χ1v) is 6.67. The van der Waals surface area contributed by atoms with Crippen LogP contribution in [0.5, 0.6) is 0 Å². The predicted molar refractivity (Wildman–Crippen MR) is 78.8 cm³/mol. The largest absolute Gasteiger partial charge is 0.387 e. The van der Waals surface area contributed by atoms with Crippen molar-refractivity contribution in [1.29, 1.82) is 0 Å². The molecule has 0 aliphatic carbocycles. The van der Waals surface area contributed by atoms with Gasteiger partial charge >= 0.3 is 0 Å². The summed E-state index contributed by atoms with van der Waals surface area (Å²) in [6, 6.07) is 5.94. The van der Waals surface area contributed by atoms with Crippen molar-refractivity contribution in [3.8, 4) is 0 Å². The van der Waals surface area contributed by atoms with Gasteiger partial charge in [-0.15, -0.1) is 0 Å². The molecular formula is C16H20N2O2. The number of hydrogen-bond acceptors (Lipinski definition) is 3. The number of rotatable bonds is 3. The fourth-order valence-electron chi connectivity index (χ4n) is 2.30. The number of nitrogens with zero attached hydrogens (tertiary/aromatic N) is 2. The van der Waals surface area contributed by atoms with Gasteiger partial charge in [-0.05, 0) is 33.3 Å². The predicted octanol–water partition coefficient (Wildman–Crippen LogP) is 2.21. The Morgan fingerprint density at radius 2 is 1.75 bits per heavy atom. The lowest BCUT2D eigenvalue weighted by molar-refractivity contribution is 0.154. The van der Waals surface area contributed by atoms with E-state index in [1.165, 1.54) is 10.9 Å². The molecule has 0 bridgehead atoms. The van der Waals surface area contributed by atoms with Crippen molar-refractivity contribution in [2.75, 3.05) is 0 Å². The van der Waals surface area contributed by atoms with Crippen molar-refractivity contribution in [2.24, 2.45) is 0 Å². The van der Waals surface area contributed by atoms with Gasteiger partial charge < -0.3 is 5.11 Å². The van der Waals surface area contributed by atoms with Crippen LogP contribution in [-0.2, 0) is 6.54 Å². The first kappa shape index (κ1) is 14.5. The van der Waals surface area contributed by atoms with Crippen LogP contribution in [0, 0.1) is 27.7 Å². The van der Waals surface area contributed by atoms with Crippen LogP contribution in [0.1, 0.15) is 34.1 Å². The average molecular weight is 272 g/mol. The van der Waals surface area contributed by atoms with Crippen LogP contribution in [0.25, 0.3) is 0 Å². The average Bonchev–Trinajstić information content (AvgIpc) is 2.38. The normalized spacial score (nSPS) is 12.4. The van der Waals surface area contributed by atoms with Gasteiger partial charge in [0.2, 0.25) is 0 Å². The van der Waals surface area contributed by atoms with Gasteiger partial charge in [-0.1, -0.05) is 29.3 Å². The molecule has 106 valence electrons. The Labute approximate surface area is 118 Å². The molecule has 1 aromatic heterocycles. The Bertz CT molecular complexity index is 669. The molecule has 1 N–H and O–H groups in total. The number of hydrogen-bond donors (Lipinski definition) is 1. The molecule has 0 spiro atoms. The van der Waals surface area contributed by atoms with E-state index in [1.807, 2.05) is 26.0 Å². The lowest BCUT2D eigenvalue weighted by Crippen LogP contribution is -2.26. The molecule has 0 aliphatic rings. The second-order valence-electron chi connectivity index (χ2n) is 5.35. The van der Waals surface area contributed by atoms with Crippen LogP contribution in [0.15, 0.2) is 29.3 Å². The standard InChI is InChI=1S/C16H20N2O2/c1-10-5-11(2)7-14(6-10)15(19)8-18-9-17-13(4)12(3)16(18)20/h5-7,9,15,19H,8H2,1-4H3/t15-/m1/s1. The summed E-state index contributed by atoms with van der Waals surface area (Å²) in [5, 5.41) is 10.3. The lowest BCUT2D eigenvalue weighted by atomic mass is 10.0. The zero-order valence-corrected chi connectivity index (χ0v) is 12.3. The van der Waals surface area contributed by atoms with E-state index < -0.39 is 6.10 Å². The van der Waals surface area contributed by atoms with Crippen molar-refractivity contribution in [3.63, 3.8) is 0 Å². The van der Waals surface area contributed by atoms with Gasteiger partial charge in [0.05, 0.1) is 19.0 Å². The first-order chi connectivity index (χ1) is 9.38. The summed E-state index contributed by atoms with van der Waals surface area (Å²) >= 11 is 0.